The van der Waals surface area contributed by atoms with Crippen LogP contribution in [-0.2, 0) is 0 Å². The van der Waals surface area contributed by atoms with Gasteiger partial charge in [-0.1, -0.05) is 35.4 Å². The van der Waals surface area contributed by atoms with E-state index < -0.39 is 0 Å². The number of halogens is 2. The second-order valence-electron chi connectivity index (χ2n) is 1.27. The monoisotopic (exact) mass is 150 g/mol. The van der Waals surface area contributed by atoms with E-state index in [1.807, 2.05) is 13.8 Å². The molecule has 0 aromatic carbocycles. The molecule has 0 nitrogen and oxygen atoms in total. The molecule has 0 aliphatic rings. The van der Waals surface area contributed by atoms with Gasteiger partial charge in [0.05, 0.1) is 10.1 Å². The zero-order chi connectivity index (χ0) is 6.57. The molecule has 0 rings (SSSR count). The first-order valence-electron chi connectivity index (χ1n) is 2.36. The highest BCUT2D eigenvalue weighted by Gasteiger charge is 1.91. The van der Waals surface area contributed by atoms with Crippen LogP contribution in [0.3, 0.4) is 0 Å². The molecule has 0 aliphatic heterocycles. The van der Waals surface area contributed by atoms with Gasteiger partial charge >= 0.3 is 0 Å². The zero-order valence-electron chi connectivity index (χ0n) is 4.91. The third-order valence-corrected chi connectivity index (χ3v) is 1.68. The molecule has 0 spiro atoms. The molecule has 2 heteroatoms. The van der Waals surface area contributed by atoms with E-state index in [1.54, 1.807) is 12.2 Å². The smallest absolute Gasteiger partial charge is 0.0546 e. The molecule has 8 heavy (non-hydrogen) atoms. The second kappa shape index (κ2) is 3.99. The lowest BCUT2D eigenvalue weighted by atomic mass is 10.4. The van der Waals surface area contributed by atoms with Crippen LogP contribution in [0.25, 0.3) is 0 Å². The summed E-state index contributed by atoms with van der Waals surface area (Å²) in [6.07, 6.45) is 3.51. The second-order valence-corrected chi connectivity index (χ2v) is 2.09. The van der Waals surface area contributed by atoms with Gasteiger partial charge < -0.3 is 0 Å². The molecule has 0 atom stereocenters. The Balaban J connectivity index is 4.04. The molecule has 0 N–H and O–H groups in total. The van der Waals surface area contributed by atoms with Crippen LogP contribution in [0.15, 0.2) is 22.2 Å². The summed E-state index contributed by atoms with van der Waals surface area (Å²) >= 11 is 11.2. The van der Waals surface area contributed by atoms with Gasteiger partial charge in [-0.2, -0.15) is 0 Å². The fraction of sp³-hybridized carbons (Fsp3) is 0.333. The van der Waals surface area contributed by atoms with Crippen molar-refractivity contribution in [3.8, 4) is 0 Å². The van der Waals surface area contributed by atoms with E-state index in [2.05, 4.69) is 0 Å². The maximum absolute atomic E-state index is 5.58. The van der Waals surface area contributed by atoms with Gasteiger partial charge in [-0.3, -0.25) is 0 Å². The van der Waals surface area contributed by atoms with Gasteiger partial charge in [0, 0.05) is 0 Å². The molecule has 0 bridgehead atoms. The third-order valence-electron chi connectivity index (χ3n) is 0.735. The quantitative estimate of drug-likeness (QED) is 0.504. The Morgan fingerprint density at radius 1 is 1.00 bits per heavy atom. The highest BCUT2D eigenvalue weighted by Crippen LogP contribution is 2.17. The number of hydrogen-bond donors (Lipinski definition) is 0. The Hall–Kier alpha value is 0.0600. The van der Waals surface area contributed by atoms with Gasteiger partial charge in [0.15, 0.2) is 0 Å². The lowest BCUT2D eigenvalue weighted by molar-refractivity contribution is 1.62. The molecule has 0 radical (unpaired) electrons. The molecule has 0 saturated heterocycles. The van der Waals surface area contributed by atoms with Crippen molar-refractivity contribution in [2.75, 3.05) is 0 Å². The summed E-state index contributed by atoms with van der Waals surface area (Å²) in [7, 11) is 0. The maximum atomic E-state index is 5.58. The van der Waals surface area contributed by atoms with Crippen LogP contribution in [0.5, 0.6) is 0 Å². The third kappa shape index (κ3) is 2.39. The summed E-state index contributed by atoms with van der Waals surface area (Å²) in [4.78, 5) is 0. The van der Waals surface area contributed by atoms with Crippen LogP contribution in [-0.4, -0.2) is 0 Å². The molecule has 0 amide bonds. The average molecular weight is 151 g/mol. The molecular formula is C6H8Cl2. The molecule has 0 aromatic rings. The number of hydrogen-bond acceptors (Lipinski definition) is 0. The Kier molecular flexibility index (Phi) is 4.02. The Morgan fingerprint density at radius 2 is 1.25 bits per heavy atom. The van der Waals surface area contributed by atoms with E-state index >= 15 is 0 Å². The van der Waals surface area contributed by atoms with Gasteiger partial charge in [0.25, 0.3) is 0 Å². The average Bonchev–Trinajstić information content (AvgIpc) is 1.84. The first kappa shape index (κ1) is 8.06. The first-order chi connectivity index (χ1) is 3.72. The van der Waals surface area contributed by atoms with Crippen molar-refractivity contribution in [2.24, 2.45) is 0 Å². The van der Waals surface area contributed by atoms with Gasteiger partial charge in [-0.05, 0) is 13.8 Å². The minimum absolute atomic E-state index is 0.606. The largest absolute Gasteiger partial charge is 0.0831 e. The molecule has 0 saturated carbocycles. The van der Waals surface area contributed by atoms with Crippen molar-refractivity contribution in [3.05, 3.63) is 22.2 Å². The van der Waals surface area contributed by atoms with E-state index in [0.29, 0.717) is 10.1 Å². The van der Waals surface area contributed by atoms with E-state index in [1.165, 1.54) is 0 Å². The van der Waals surface area contributed by atoms with Crippen molar-refractivity contribution in [1.29, 1.82) is 0 Å². The topological polar surface area (TPSA) is 0 Å². The highest BCUT2D eigenvalue weighted by atomic mass is 35.5. The summed E-state index contributed by atoms with van der Waals surface area (Å²) in [5, 5.41) is 1.21. The van der Waals surface area contributed by atoms with Crippen LogP contribution in [0.1, 0.15) is 13.8 Å². The fourth-order valence-electron chi connectivity index (χ4n) is 0.276. The maximum Gasteiger partial charge on any atom is 0.0546 e. The minimum Gasteiger partial charge on any atom is -0.0831 e. The predicted octanol–water partition coefficient (Wildman–Crippen LogP) is 3.27. The van der Waals surface area contributed by atoms with Gasteiger partial charge in [0.1, 0.15) is 0 Å². The van der Waals surface area contributed by atoms with E-state index in [9.17, 15) is 0 Å². The van der Waals surface area contributed by atoms with Crippen LogP contribution >= 0.6 is 23.2 Å². The van der Waals surface area contributed by atoms with Crippen LogP contribution < -0.4 is 0 Å². The number of allylic oxidation sites excluding steroid dienone is 4. The summed E-state index contributed by atoms with van der Waals surface area (Å²) in [5.74, 6) is 0. The summed E-state index contributed by atoms with van der Waals surface area (Å²) < 4.78 is 0. The van der Waals surface area contributed by atoms with Crippen LogP contribution in [0.4, 0.5) is 0 Å². The molecule has 46 valence electrons. The number of rotatable bonds is 1. The lowest BCUT2D eigenvalue weighted by Crippen LogP contribution is -1.66. The van der Waals surface area contributed by atoms with Gasteiger partial charge in [-0.15, -0.1) is 0 Å². The van der Waals surface area contributed by atoms with Crippen LogP contribution in [0, 0.1) is 0 Å². The van der Waals surface area contributed by atoms with Gasteiger partial charge in [0.2, 0.25) is 0 Å². The Labute approximate surface area is 59.8 Å². The van der Waals surface area contributed by atoms with Crippen molar-refractivity contribution in [3.63, 3.8) is 0 Å². The van der Waals surface area contributed by atoms with E-state index in [0.717, 1.165) is 0 Å². The predicted molar refractivity (Wildman–Crippen MR) is 39.2 cm³/mol. The Morgan fingerprint density at radius 3 is 1.38 bits per heavy atom. The molecule has 0 heterocycles. The van der Waals surface area contributed by atoms with Crippen LogP contribution in [0.2, 0.25) is 0 Å². The fourth-order valence-corrected chi connectivity index (χ4v) is 0.494. The first-order valence-corrected chi connectivity index (χ1v) is 3.12. The SMILES string of the molecule is CC=C(Cl)C(Cl)=CC. The highest BCUT2D eigenvalue weighted by molar-refractivity contribution is 6.43. The van der Waals surface area contributed by atoms with Crippen molar-refractivity contribution >= 4 is 23.2 Å². The van der Waals surface area contributed by atoms with Crippen molar-refractivity contribution in [2.45, 2.75) is 13.8 Å². The molecule has 0 aromatic heterocycles. The van der Waals surface area contributed by atoms with E-state index in [4.69, 9.17) is 23.2 Å². The summed E-state index contributed by atoms with van der Waals surface area (Å²) in [5.41, 5.74) is 0. The molecule has 0 fully saturated rings. The molecular weight excluding hydrogens is 143 g/mol. The summed E-state index contributed by atoms with van der Waals surface area (Å²) in [6, 6.07) is 0. The minimum atomic E-state index is 0.606. The van der Waals surface area contributed by atoms with Gasteiger partial charge in [-0.25, -0.2) is 0 Å². The van der Waals surface area contributed by atoms with Crippen molar-refractivity contribution in [1.82, 2.24) is 0 Å². The van der Waals surface area contributed by atoms with Crippen molar-refractivity contribution < 1.29 is 0 Å². The normalized spacial score (nSPS) is 14.5. The molecule has 0 aliphatic carbocycles. The zero-order valence-corrected chi connectivity index (χ0v) is 6.42. The summed E-state index contributed by atoms with van der Waals surface area (Å²) in [6.45, 7) is 3.68. The Bertz CT molecular complexity index is 106. The standard InChI is InChI=1S/C6H8Cl2/c1-3-5(7)6(8)4-2/h3-4H,1-2H3. The molecule has 0 unspecified atom stereocenters. The lowest BCUT2D eigenvalue weighted by Gasteiger charge is -1.89. The van der Waals surface area contributed by atoms with E-state index in [-0.39, 0.29) is 0 Å².